The van der Waals surface area contributed by atoms with Gasteiger partial charge in [-0.25, -0.2) is 0 Å². The molecule has 0 aliphatic carbocycles. The van der Waals surface area contributed by atoms with Crippen molar-refractivity contribution in [3.63, 3.8) is 0 Å². The number of hydrogen-bond acceptors (Lipinski definition) is 3. The van der Waals surface area contributed by atoms with Gasteiger partial charge < -0.3 is 15.7 Å². The van der Waals surface area contributed by atoms with E-state index in [4.69, 9.17) is 5.11 Å². The summed E-state index contributed by atoms with van der Waals surface area (Å²) in [6.07, 6.45) is 0. The highest BCUT2D eigenvalue weighted by molar-refractivity contribution is 5.85. The minimum absolute atomic E-state index is 0. The molecular formula is C12H22Cl2N2O. The minimum Gasteiger partial charge on any atom is -0.395 e. The lowest BCUT2D eigenvalue weighted by molar-refractivity contribution is 0.292. The molecule has 3 nitrogen and oxygen atoms in total. The molecule has 0 unspecified atom stereocenters. The highest BCUT2D eigenvalue weighted by Crippen LogP contribution is 2.05. The van der Waals surface area contributed by atoms with Crippen molar-refractivity contribution >= 4 is 24.8 Å². The first-order valence-electron chi connectivity index (χ1n) is 5.41. The maximum absolute atomic E-state index is 8.55. The molecule has 0 aliphatic rings. The fourth-order valence-corrected chi connectivity index (χ4v) is 1.41. The van der Waals surface area contributed by atoms with Crippen molar-refractivity contribution in [2.45, 2.75) is 13.5 Å². The molecule has 100 valence electrons. The van der Waals surface area contributed by atoms with Gasteiger partial charge in [-0.3, -0.25) is 0 Å². The normalized spacial score (nSPS) is 9.29. The molecule has 0 radical (unpaired) electrons. The quantitative estimate of drug-likeness (QED) is 0.664. The summed E-state index contributed by atoms with van der Waals surface area (Å²) in [5.41, 5.74) is 2.67. The lowest BCUT2D eigenvalue weighted by Crippen LogP contribution is -2.28. The number of halogens is 2. The molecule has 5 heteroatoms. The van der Waals surface area contributed by atoms with Gasteiger partial charge >= 0.3 is 0 Å². The van der Waals surface area contributed by atoms with Crippen LogP contribution in [0.5, 0.6) is 0 Å². The van der Waals surface area contributed by atoms with Gasteiger partial charge in [-0.2, -0.15) is 0 Å². The Morgan fingerprint density at radius 1 is 1.00 bits per heavy atom. The van der Waals surface area contributed by atoms with Crippen LogP contribution in [-0.4, -0.2) is 31.3 Å². The third-order valence-corrected chi connectivity index (χ3v) is 2.34. The zero-order chi connectivity index (χ0) is 10.9. The van der Waals surface area contributed by atoms with Crippen molar-refractivity contribution < 1.29 is 5.11 Å². The van der Waals surface area contributed by atoms with E-state index in [1.807, 2.05) is 0 Å². The van der Waals surface area contributed by atoms with Crippen LogP contribution in [0.1, 0.15) is 11.1 Å². The van der Waals surface area contributed by atoms with Crippen LogP contribution in [0.4, 0.5) is 0 Å². The predicted molar refractivity (Wildman–Crippen MR) is 77.3 cm³/mol. The highest BCUT2D eigenvalue weighted by Gasteiger charge is 1.95. The maximum Gasteiger partial charge on any atom is 0.0555 e. The Bertz CT molecular complexity index is 285. The van der Waals surface area contributed by atoms with E-state index in [-0.39, 0.29) is 31.4 Å². The van der Waals surface area contributed by atoms with Crippen molar-refractivity contribution in [3.05, 3.63) is 35.4 Å². The fourth-order valence-electron chi connectivity index (χ4n) is 1.41. The van der Waals surface area contributed by atoms with Crippen molar-refractivity contribution in [1.29, 1.82) is 0 Å². The summed E-state index contributed by atoms with van der Waals surface area (Å²) in [5.74, 6) is 0. The van der Waals surface area contributed by atoms with Crippen molar-refractivity contribution in [2.24, 2.45) is 0 Å². The van der Waals surface area contributed by atoms with Crippen LogP contribution in [0, 0.1) is 6.92 Å². The number of aliphatic hydroxyl groups excluding tert-OH is 1. The van der Waals surface area contributed by atoms with Gasteiger partial charge in [0.2, 0.25) is 0 Å². The molecule has 0 heterocycles. The zero-order valence-corrected chi connectivity index (χ0v) is 11.7. The number of benzene rings is 1. The Balaban J connectivity index is 0. The van der Waals surface area contributed by atoms with Crippen LogP contribution < -0.4 is 10.6 Å². The molecule has 0 saturated carbocycles. The molecule has 0 bridgehead atoms. The summed E-state index contributed by atoms with van der Waals surface area (Å²) in [6.45, 7) is 5.74. The van der Waals surface area contributed by atoms with Gasteiger partial charge in [0.1, 0.15) is 0 Å². The van der Waals surface area contributed by atoms with Crippen LogP contribution in [-0.2, 0) is 6.54 Å². The number of hydrogen-bond donors (Lipinski definition) is 3. The standard InChI is InChI=1S/C12H20N2O.2ClH/c1-11-4-2-3-5-12(11)10-14-7-6-13-8-9-15;;/h2-5,13-15H,6-10H2,1H3;2*1H. The first kappa shape index (κ1) is 19.0. The van der Waals surface area contributed by atoms with Crippen LogP contribution in [0.25, 0.3) is 0 Å². The number of aliphatic hydroxyl groups is 1. The number of aryl methyl sites for hydroxylation is 1. The molecule has 1 aromatic carbocycles. The summed E-state index contributed by atoms with van der Waals surface area (Å²) in [6, 6.07) is 8.39. The lowest BCUT2D eigenvalue weighted by Gasteiger charge is -2.07. The van der Waals surface area contributed by atoms with Gasteiger partial charge in [0.15, 0.2) is 0 Å². The topological polar surface area (TPSA) is 44.3 Å². The first-order chi connectivity index (χ1) is 7.34. The Kier molecular flexibility index (Phi) is 13.6. The summed E-state index contributed by atoms with van der Waals surface area (Å²) in [5, 5.41) is 15.0. The van der Waals surface area contributed by atoms with Gasteiger partial charge in [0.05, 0.1) is 6.61 Å². The summed E-state index contributed by atoms with van der Waals surface area (Å²) in [7, 11) is 0. The van der Waals surface area contributed by atoms with Gasteiger partial charge in [-0.15, -0.1) is 24.8 Å². The first-order valence-corrected chi connectivity index (χ1v) is 5.41. The second kappa shape index (κ2) is 12.1. The fraction of sp³-hybridized carbons (Fsp3) is 0.500. The molecule has 0 atom stereocenters. The van der Waals surface area contributed by atoms with Crippen LogP contribution in [0.15, 0.2) is 24.3 Å². The van der Waals surface area contributed by atoms with Crippen LogP contribution in [0.3, 0.4) is 0 Å². The molecule has 17 heavy (non-hydrogen) atoms. The summed E-state index contributed by atoms with van der Waals surface area (Å²) < 4.78 is 0. The van der Waals surface area contributed by atoms with Crippen molar-refractivity contribution in [1.82, 2.24) is 10.6 Å². The molecule has 0 amide bonds. The van der Waals surface area contributed by atoms with Gasteiger partial charge in [0, 0.05) is 26.2 Å². The molecule has 0 aliphatic heterocycles. The SMILES string of the molecule is Cc1ccccc1CNCCNCCO.Cl.Cl. The third kappa shape index (κ3) is 8.41. The van der Waals surface area contributed by atoms with Gasteiger partial charge in [-0.05, 0) is 18.1 Å². The van der Waals surface area contributed by atoms with E-state index in [1.165, 1.54) is 11.1 Å². The second-order valence-electron chi connectivity index (χ2n) is 3.58. The number of rotatable bonds is 7. The van der Waals surface area contributed by atoms with Crippen molar-refractivity contribution in [2.75, 3.05) is 26.2 Å². The average Bonchev–Trinajstić information content (AvgIpc) is 2.25. The Morgan fingerprint density at radius 3 is 2.29 bits per heavy atom. The lowest BCUT2D eigenvalue weighted by atomic mass is 10.1. The summed E-state index contributed by atoms with van der Waals surface area (Å²) in [4.78, 5) is 0. The van der Waals surface area contributed by atoms with E-state index in [0.29, 0.717) is 6.54 Å². The zero-order valence-electron chi connectivity index (χ0n) is 10.1. The van der Waals surface area contributed by atoms with Gasteiger partial charge in [0.25, 0.3) is 0 Å². The molecule has 0 fully saturated rings. The molecule has 1 aromatic rings. The van der Waals surface area contributed by atoms with E-state index < -0.39 is 0 Å². The third-order valence-electron chi connectivity index (χ3n) is 2.34. The second-order valence-corrected chi connectivity index (χ2v) is 3.58. The van der Waals surface area contributed by atoms with Crippen LogP contribution >= 0.6 is 24.8 Å². The van der Waals surface area contributed by atoms with Gasteiger partial charge in [-0.1, -0.05) is 24.3 Å². The monoisotopic (exact) mass is 280 g/mol. The molecule has 0 spiro atoms. The maximum atomic E-state index is 8.55. The molecule has 3 N–H and O–H groups in total. The Labute approximate surface area is 116 Å². The van der Waals surface area contributed by atoms with E-state index in [2.05, 4.69) is 41.8 Å². The van der Waals surface area contributed by atoms with E-state index >= 15 is 0 Å². The average molecular weight is 281 g/mol. The smallest absolute Gasteiger partial charge is 0.0555 e. The van der Waals surface area contributed by atoms with E-state index in [0.717, 1.165) is 19.6 Å². The molecule has 1 rings (SSSR count). The largest absolute Gasteiger partial charge is 0.395 e. The molecule has 0 saturated heterocycles. The molecule has 0 aromatic heterocycles. The minimum atomic E-state index is 0. The Morgan fingerprint density at radius 2 is 1.65 bits per heavy atom. The number of nitrogens with one attached hydrogen (secondary N) is 2. The Hall–Kier alpha value is -0.320. The van der Waals surface area contributed by atoms with Crippen LogP contribution in [0.2, 0.25) is 0 Å². The predicted octanol–water partition coefficient (Wildman–Crippen LogP) is 1.51. The van der Waals surface area contributed by atoms with E-state index in [1.54, 1.807) is 0 Å². The van der Waals surface area contributed by atoms with Crippen molar-refractivity contribution in [3.8, 4) is 0 Å². The molecular weight excluding hydrogens is 259 g/mol. The van der Waals surface area contributed by atoms with E-state index in [9.17, 15) is 0 Å². The highest BCUT2D eigenvalue weighted by atomic mass is 35.5. The summed E-state index contributed by atoms with van der Waals surface area (Å²) >= 11 is 0.